The van der Waals surface area contributed by atoms with Crippen molar-refractivity contribution in [3.63, 3.8) is 0 Å². The van der Waals surface area contributed by atoms with Crippen LogP contribution in [0.2, 0.25) is 0 Å². The fourth-order valence-corrected chi connectivity index (χ4v) is 6.31. The van der Waals surface area contributed by atoms with Crippen LogP contribution in [-0.2, 0) is 25.8 Å². The van der Waals surface area contributed by atoms with Crippen LogP contribution in [0.15, 0.2) is 30.3 Å². The van der Waals surface area contributed by atoms with Crippen LogP contribution >= 0.6 is 0 Å². The minimum Gasteiger partial charge on any atom is -0.390 e. The van der Waals surface area contributed by atoms with Gasteiger partial charge in [-0.3, -0.25) is 14.5 Å². The number of benzene rings is 1. The van der Waals surface area contributed by atoms with Crippen molar-refractivity contribution in [2.24, 2.45) is 11.8 Å². The van der Waals surface area contributed by atoms with Crippen molar-refractivity contribution in [1.29, 1.82) is 0 Å². The van der Waals surface area contributed by atoms with E-state index in [9.17, 15) is 23.1 Å². The number of sulfone groups is 1. The summed E-state index contributed by atoms with van der Waals surface area (Å²) in [6, 6.07) is 8.65. The first-order valence-corrected chi connectivity index (χ1v) is 16.2. The van der Waals surface area contributed by atoms with Crippen LogP contribution in [0.4, 0.5) is 0 Å². The quantitative estimate of drug-likeness (QED) is 0.403. The molecular weight excluding hydrogens is 514 g/mol. The molecule has 1 saturated carbocycles. The van der Waals surface area contributed by atoms with Gasteiger partial charge in [-0.1, -0.05) is 49.6 Å². The van der Waals surface area contributed by atoms with Gasteiger partial charge in [0.1, 0.15) is 0 Å². The largest absolute Gasteiger partial charge is 0.390 e. The van der Waals surface area contributed by atoms with Crippen molar-refractivity contribution in [2.45, 2.75) is 108 Å². The molecule has 1 aromatic carbocycles. The van der Waals surface area contributed by atoms with Crippen LogP contribution in [0.5, 0.6) is 0 Å². The Labute approximate surface area is 235 Å². The fourth-order valence-electron chi connectivity index (χ4n) is 5.92. The molecule has 0 spiro atoms. The van der Waals surface area contributed by atoms with Gasteiger partial charge in [0.05, 0.1) is 22.9 Å². The third-order valence-corrected chi connectivity index (χ3v) is 10.6. The van der Waals surface area contributed by atoms with Crippen LogP contribution in [-0.4, -0.2) is 78.1 Å². The van der Waals surface area contributed by atoms with Crippen molar-refractivity contribution in [2.75, 3.05) is 19.3 Å². The Hall–Kier alpha value is -1.97. The summed E-state index contributed by atoms with van der Waals surface area (Å²) >= 11 is 0. The predicted molar refractivity (Wildman–Crippen MR) is 155 cm³/mol. The lowest BCUT2D eigenvalue weighted by molar-refractivity contribution is -0.133. The third kappa shape index (κ3) is 9.02. The maximum absolute atomic E-state index is 13.4. The molecule has 1 aliphatic heterocycles. The third-order valence-electron chi connectivity index (χ3n) is 8.42. The molecule has 3 rings (SSSR count). The molecule has 8 nitrogen and oxygen atoms in total. The van der Waals surface area contributed by atoms with E-state index in [4.69, 9.17) is 0 Å². The summed E-state index contributed by atoms with van der Waals surface area (Å²) in [5, 5.41) is 17.6. The standard InChI is InChI=1S/C30H49N3O5S/c1-29(2,3)32-28(36)25-17-22-14-10-11-15-23(22)19-33(25)20-26(34)24(16-21-12-8-7-9-13-21)31-27(35)18-30(4,5)39(6,37)38/h7-9,12-13,22-26,34H,10-11,14-20H2,1-6H3,(H,31,35)(H,32,36)/t22-,23+,24-,25-,26+/m0/s1. The summed E-state index contributed by atoms with van der Waals surface area (Å²) < 4.78 is 23.2. The Kier molecular flexibility index (Phi) is 10.3. The minimum absolute atomic E-state index is 0.0164. The molecule has 0 bridgehead atoms. The van der Waals surface area contributed by atoms with E-state index in [1.807, 2.05) is 51.1 Å². The second-order valence-corrected chi connectivity index (χ2v) is 16.0. The van der Waals surface area contributed by atoms with Crippen molar-refractivity contribution in [3.05, 3.63) is 35.9 Å². The van der Waals surface area contributed by atoms with Crippen molar-refractivity contribution >= 4 is 21.7 Å². The molecular formula is C30H49N3O5S. The Morgan fingerprint density at radius 3 is 2.26 bits per heavy atom. The highest BCUT2D eigenvalue weighted by molar-refractivity contribution is 7.92. The van der Waals surface area contributed by atoms with E-state index in [1.54, 1.807) is 0 Å². The van der Waals surface area contributed by atoms with E-state index in [0.717, 1.165) is 37.6 Å². The number of hydrogen-bond donors (Lipinski definition) is 3. The van der Waals surface area contributed by atoms with E-state index in [1.165, 1.54) is 26.7 Å². The van der Waals surface area contributed by atoms with Crippen LogP contribution in [0.25, 0.3) is 0 Å². The molecule has 0 radical (unpaired) electrons. The van der Waals surface area contributed by atoms with Crippen LogP contribution < -0.4 is 10.6 Å². The van der Waals surface area contributed by atoms with Gasteiger partial charge in [0.25, 0.3) is 0 Å². The molecule has 2 amide bonds. The summed E-state index contributed by atoms with van der Waals surface area (Å²) in [5.41, 5.74) is 0.596. The van der Waals surface area contributed by atoms with Gasteiger partial charge in [-0.25, -0.2) is 8.42 Å². The van der Waals surface area contributed by atoms with Crippen LogP contribution in [0.1, 0.15) is 78.7 Å². The fraction of sp³-hybridized carbons (Fsp3) is 0.733. The van der Waals surface area contributed by atoms with Crippen molar-refractivity contribution in [1.82, 2.24) is 15.5 Å². The van der Waals surface area contributed by atoms with E-state index >= 15 is 0 Å². The highest BCUT2D eigenvalue weighted by Gasteiger charge is 2.42. The number of nitrogens with zero attached hydrogens (tertiary/aromatic N) is 1. The highest BCUT2D eigenvalue weighted by Crippen LogP contribution is 2.39. The van der Waals surface area contributed by atoms with Gasteiger partial charge in [0.15, 0.2) is 9.84 Å². The molecule has 3 N–H and O–H groups in total. The van der Waals surface area contributed by atoms with Crippen LogP contribution in [0.3, 0.4) is 0 Å². The van der Waals surface area contributed by atoms with Gasteiger partial charge in [-0.15, -0.1) is 0 Å². The van der Waals surface area contributed by atoms with Crippen molar-refractivity contribution in [3.8, 4) is 0 Å². The minimum atomic E-state index is -3.45. The van der Waals surface area contributed by atoms with Gasteiger partial charge in [0, 0.05) is 31.3 Å². The Morgan fingerprint density at radius 1 is 1.05 bits per heavy atom. The first-order valence-electron chi connectivity index (χ1n) is 14.3. The second-order valence-electron chi connectivity index (χ2n) is 13.4. The van der Waals surface area contributed by atoms with E-state index in [0.29, 0.717) is 18.3 Å². The smallest absolute Gasteiger partial charge is 0.237 e. The second kappa shape index (κ2) is 12.7. The number of amides is 2. The van der Waals surface area contributed by atoms with Gasteiger partial charge in [-0.05, 0) is 71.3 Å². The van der Waals surface area contributed by atoms with Gasteiger partial charge >= 0.3 is 0 Å². The summed E-state index contributed by atoms with van der Waals surface area (Å²) in [7, 11) is -3.45. The first-order chi connectivity index (χ1) is 18.1. The maximum Gasteiger partial charge on any atom is 0.237 e. The molecule has 0 unspecified atom stereocenters. The Balaban J connectivity index is 1.81. The Bertz CT molecular complexity index is 1080. The topological polar surface area (TPSA) is 116 Å². The number of aliphatic hydroxyl groups is 1. The molecule has 5 atom stereocenters. The number of nitrogens with one attached hydrogen (secondary N) is 2. The number of hydrogen-bond acceptors (Lipinski definition) is 6. The average Bonchev–Trinajstić information content (AvgIpc) is 2.81. The molecule has 9 heteroatoms. The molecule has 2 aliphatic rings. The lowest BCUT2D eigenvalue weighted by Gasteiger charge is -2.47. The molecule has 0 aromatic heterocycles. The first kappa shape index (κ1) is 31.6. The summed E-state index contributed by atoms with van der Waals surface area (Å²) in [6.45, 7) is 9.99. The van der Waals surface area contributed by atoms with E-state index in [-0.39, 0.29) is 30.5 Å². The van der Waals surface area contributed by atoms with E-state index < -0.39 is 32.6 Å². The van der Waals surface area contributed by atoms with Gasteiger partial charge in [-0.2, -0.15) is 0 Å². The monoisotopic (exact) mass is 563 g/mol. The number of rotatable bonds is 10. The number of fused-ring (bicyclic) bond motifs is 1. The number of carbonyl (C=O) groups is 2. The predicted octanol–water partition coefficient (Wildman–Crippen LogP) is 3.08. The maximum atomic E-state index is 13.4. The lowest BCUT2D eigenvalue weighted by atomic mass is 9.72. The zero-order chi connectivity index (χ0) is 29.0. The van der Waals surface area contributed by atoms with Crippen molar-refractivity contribution < 1.29 is 23.1 Å². The molecule has 220 valence electrons. The number of β-amino-alcohol motifs (C(OH)–C–C–N with tert-alkyl or cyclic N) is 1. The Morgan fingerprint density at radius 2 is 1.67 bits per heavy atom. The zero-order valence-electron chi connectivity index (χ0n) is 24.6. The SMILES string of the molecule is CC(C)(C)NC(=O)[C@@H]1C[C@@H]2CCCC[C@@H]2CN1C[C@@H](O)[C@H](Cc1ccccc1)NC(=O)CC(C)(C)S(C)(=O)=O. The number of piperidine rings is 1. The number of aliphatic hydroxyl groups excluding tert-OH is 1. The molecule has 1 aliphatic carbocycles. The number of likely N-dealkylation sites (tertiary alicyclic amines) is 1. The lowest BCUT2D eigenvalue weighted by Crippen LogP contribution is -2.60. The molecule has 1 aromatic rings. The molecule has 1 heterocycles. The summed E-state index contributed by atoms with van der Waals surface area (Å²) in [4.78, 5) is 28.6. The number of carbonyl (C=O) groups excluding carboxylic acids is 2. The normalized spacial score (nSPS) is 24.3. The highest BCUT2D eigenvalue weighted by atomic mass is 32.2. The molecule has 2 fully saturated rings. The average molecular weight is 564 g/mol. The summed E-state index contributed by atoms with van der Waals surface area (Å²) in [6.07, 6.45) is 5.83. The molecule has 39 heavy (non-hydrogen) atoms. The summed E-state index contributed by atoms with van der Waals surface area (Å²) in [5.74, 6) is 0.582. The van der Waals surface area contributed by atoms with E-state index in [2.05, 4.69) is 15.5 Å². The molecule has 1 saturated heterocycles. The zero-order valence-corrected chi connectivity index (χ0v) is 25.4. The van der Waals surface area contributed by atoms with Crippen LogP contribution in [0, 0.1) is 11.8 Å². The van der Waals surface area contributed by atoms with Gasteiger partial charge in [0.2, 0.25) is 11.8 Å². The van der Waals surface area contributed by atoms with Gasteiger partial charge < -0.3 is 15.7 Å².